The van der Waals surface area contributed by atoms with Crippen LogP contribution in [-0.2, 0) is 16.1 Å². The van der Waals surface area contributed by atoms with E-state index in [0.29, 0.717) is 5.76 Å². The van der Waals surface area contributed by atoms with E-state index >= 15 is 0 Å². The standard InChI is InChI=1S/C13H20N2O5/c1-13(2,3)10(6-11(16)17)14-12(18)9-5-8(7-19-4)20-15-9/h5,10H,6-7H2,1-4H3,(H,14,18)(H,16,17). The maximum atomic E-state index is 12.0. The number of carbonyl (C=O) groups is 2. The number of carboxylic acids is 1. The minimum atomic E-state index is -0.967. The molecule has 0 bridgehead atoms. The van der Waals surface area contributed by atoms with Gasteiger partial charge in [0.15, 0.2) is 11.5 Å². The molecule has 7 nitrogen and oxygen atoms in total. The van der Waals surface area contributed by atoms with Gasteiger partial charge in [0.2, 0.25) is 0 Å². The lowest BCUT2D eigenvalue weighted by Crippen LogP contribution is -2.45. The molecule has 0 aliphatic heterocycles. The molecule has 1 heterocycles. The molecule has 0 aromatic carbocycles. The van der Waals surface area contributed by atoms with Crippen molar-refractivity contribution in [1.82, 2.24) is 10.5 Å². The molecule has 7 heteroatoms. The summed E-state index contributed by atoms with van der Waals surface area (Å²) in [5.74, 6) is -0.995. The van der Waals surface area contributed by atoms with Crippen LogP contribution in [0.3, 0.4) is 0 Å². The largest absolute Gasteiger partial charge is 0.481 e. The number of nitrogens with zero attached hydrogens (tertiary/aromatic N) is 1. The second-order valence-corrected chi connectivity index (χ2v) is 5.60. The van der Waals surface area contributed by atoms with E-state index in [1.807, 2.05) is 20.8 Å². The summed E-state index contributed by atoms with van der Waals surface area (Å²) in [5.41, 5.74) is -0.274. The highest BCUT2D eigenvalue weighted by Crippen LogP contribution is 2.22. The van der Waals surface area contributed by atoms with E-state index in [2.05, 4.69) is 10.5 Å². The second kappa shape index (κ2) is 6.51. The summed E-state index contributed by atoms with van der Waals surface area (Å²) in [5, 5.41) is 15.2. The maximum Gasteiger partial charge on any atom is 0.305 e. The van der Waals surface area contributed by atoms with E-state index in [4.69, 9.17) is 14.4 Å². The number of nitrogens with one attached hydrogen (secondary N) is 1. The number of hydrogen-bond donors (Lipinski definition) is 2. The van der Waals surface area contributed by atoms with Crippen LogP contribution in [0.4, 0.5) is 0 Å². The zero-order valence-corrected chi connectivity index (χ0v) is 12.1. The van der Waals surface area contributed by atoms with E-state index in [0.717, 1.165) is 0 Å². The van der Waals surface area contributed by atoms with Crippen LogP contribution >= 0.6 is 0 Å². The molecule has 0 spiro atoms. The van der Waals surface area contributed by atoms with Crippen molar-refractivity contribution in [3.8, 4) is 0 Å². The molecule has 1 amide bonds. The number of amides is 1. The SMILES string of the molecule is COCc1cc(C(=O)NC(CC(=O)O)C(C)(C)C)no1. The Hall–Kier alpha value is -1.89. The fourth-order valence-corrected chi connectivity index (χ4v) is 1.61. The topological polar surface area (TPSA) is 102 Å². The Morgan fingerprint density at radius 1 is 1.50 bits per heavy atom. The molecule has 0 fully saturated rings. The van der Waals surface area contributed by atoms with Crippen molar-refractivity contribution < 1.29 is 24.0 Å². The van der Waals surface area contributed by atoms with Gasteiger partial charge in [0.25, 0.3) is 5.91 Å². The molecule has 1 aromatic heterocycles. The number of carbonyl (C=O) groups excluding carboxylic acids is 1. The van der Waals surface area contributed by atoms with Crippen molar-refractivity contribution in [2.45, 2.75) is 39.8 Å². The van der Waals surface area contributed by atoms with Crippen LogP contribution < -0.4 is 5.32 Å². The molecule has 112 valence electrons. The summed E-state index contributed by atoms with van der Waals surface area (Å²) < 4.78 is 9.79. The number of methoxy groups -OCH3 is 1. The van der Waals surface area contributed by atoms with Crippen LogP contribution in [0.15, 0.2) is 10.6 Å². The number of carboxylic acid groups (broad SMARTS) is 1. The zero-order chi connectivity index (χ0) is 15.3. The van der Waals surface area contributed by atoms with Crippen LogP contribution in [0.25, 0.3) is 0 Å². The number of rotatable bonds is 6. The third kappa shape index (κ3) is 4.65. The van der Waals surface area contributed by atoms with Crippen LogP contribution in [0.2, 0.25) is 0 Å². The van der Waals surface area contributed by atoms with Crippen molar-refractivity contribution in [2.24, 2.45) is 5.41 Å². The molecule has 0 aliphatic rings. The van der Waals surface area contributed by atoms with Crippen LogP contribution in [0.5, 0.6) is 0 Å². The summed E-state index contributed by atoms with van der Waals surface area (Å²) in [6.45, 7) is 5.80. The highest BCUT2D eigenvalue weighted by Gasteiger charge is 2.29. The Morgan fingerprint density at radius 2 is 2.15 bits per heavy atom. The molecular formula is C13H20N2O5. The second-order valence-electron chi connectivity index (χ2n) is 5.60. The molecule has 20 heavy (non-hydrogen) atoms. The quantitative estimate of drug-likeness (QED) is 0.819. The smallest absolute Gasteiger partial charge is 0.305 e. The lowest BCUT2D eigenvalue weighted by Gasteiger charge is -2.29. The van der Waals surface area contributed by atoms with Gasteiger partial charge in [-0.15, -0.1) is 0 Å². The fourth-order valence-electron chi connectivity index (χ4n) is 1.61. The van der Waals surface area contributed by atoms with Gasteiger partial charge >= 0.3 is 5.97 Å². The number of ether oxygens (including phenoxy) is 1. The maximum absolute atomic E-state index is 12.0. The summed E-state index contributed by atoms with van der Waals surface area (Å²) in [4.78, 5) is 22.9. The van der Waals surface area contributed by atoms with Gasteiger partial charge in [0.05, 0.1) is 6.42 Å². The Morgan fingerprint density at radius 3 is 2.65 bits per heavy atom. The number of aromatic nitrogens is 1. The van der Waals surface area contributed by atoms with E-state index in [1.54, 1.807) is 0 Å². The van der Waals surface area contributed by atoms with E-state index < -0.39 is 17.9 Å². The van der Waals surface area contributed by atoms with Gasteiger partial charge in [0.1, 0.15) is 6.61 Å². The highest BCUT2D eigenvalue weighted by atomic mass is 16.5. The molecule has 0 radical (unpaired) electrons. The third-order valence-corrected chi connectivity index (χ3v) is 2.81. The Balaban J connectivity index is 2.76. The van der Waals surface area contributed by atoms with Gasteiger partial charge < -0.3 is 19.7 Å². The lowest BCUT2D eigenvalue weighted by molar-refractivity contribution is -0.138. The first kappa shape index (κ1) is 16.2. The molecule has 1 rings (SSSR count). The lowest BCUT2D eigenvalue weighted by atomic mass is 9.84. The zero-order valence-electron chi connectivity index (χ0n) is 12.1. The minimum absolute atomic E-state index is 0.108. The molecule has 1 unspecified atom stereocenters. The van der Waals surface area contributed by atoms with Gasteiger partial charge in [-0.25, -0.2) is 0 Å². The summed E-state index contributed by atoms with van der Waals surface area (Å²) >= 11 is 0. The van der Waals surface area contributed by atoms with Crippen LogP contribution in [0.1, 0.15) is 43.4 Å². The van der Waals surface area contributed by atoms with Crippen molar-refractivity contribution in [3.63, 3.8) is 0 Å². The van der Waals surface area contributed by atoms with Gasteiger partial charge in [-0.2, -0.15) is 0 Å². The van der Waals surface area contributed by atoms with Crippen LogP contribution in [0, 0.1) is 5.41 Å². The number of aliphatic carboxylic acids is 1. The van der Waals surface area contributed by atoms with E-state index in [9.17, 15) is 9.59 Å². The van der Waals surface area contributed by atoms with Crippen molar-refractivity contribution in [3.05, 3.63) is 17.5 Å². The van der Waals surface area contributed by atoms with Crippen molar-refractivity contribution in [1.29, 1.82) is 0 Å². The van der Waals surface area contributed by atoms with Gasteiger partial charge in [-0.05, 0) is 5.41 Å². The first-order chi connectivity index (χ1) is 9.24. The Bertz CT molecular complexity index is 475. The summed E-state index contributed by atoms with van der Waals surface area (Å²) in [6, 6.07) is 0.967. The highest BCUT2D eigenvalue weighted by molar-refractivity contribution is 5.92. The Kier molecular flexibility index (Phi) is 5.26. The van der Waals surface area contributed by atoms with Gasteiger partial charge in [0, 0.05) is 19.2 Å². The van der Waals surface area contributed by atoms with Crippen molar-refractivity contribution >= 4 is 11.9 Å². The third-order valence-electron chi connectivity index (χ3n) is 2.81. The molecular weight excluding hydrogens is 264 g/mol. The average molecular weight is 284 g/mol. The molecule has 1 atom stereocenters. The van der Waals surface area contributed by atoms with E-state index in [-0.39, 0.29) is 24.1 Å². The van der Waals surface area contributed by atoms with Gasteiger partial charge in [-0.3, -0.25) is 9.59 Å². The fraction of sp³-hybridized carbons (Fsp3) is 0.615. The molecule has 2 N–H and O–H groups in total. The molecule has 0 aliphatic carbocycles. The van der Waals surface area contributed by atoms with Crippen LogP contribution in [-0.4, -0.2) is 35.3 Å². The van der Waals surface area contributed by atoms with Crippen molar-refractivity contribution in [2.75, 3.05) is 7.11 Å². The molecule has 0 saturated carbocycles. The average Bonchev–Trinajstić information content (AvgIpc) is 2.75. The van der Waals surface area contributed by atoms with E-state index in [1.165, 1.54) is 13.2 Å². The Labute approximate surface area is 117 Å². The monoisotopic (exact) mass is 284 g/mol. The first-order valence-electron chi connectivity index (χ1n) is 6.21. The number of hydrogen-bond acceptors (Lipinski definition) is 5. The predicted molar refractivity (Wildman–Crippen MR) is 70.2 cm³/mol. The summed E-state index contributed by atoms with van der Waals surface area (Å²) in [7, 11) is 1.50. The minimum Gasteiger partial charge on any atom is -0.481 e. The molecule has 1 aromatic rings. The first-order valence-corrected chi connectivity index (χ1v) is 6.21. The molecule has 0 saturated heterocycles. The normalized spacial score (nSPS) is 13.0. The summed E-state index contributed by atoms with van der Waals surface area (Å²) in [6.07, 6.45) is -0.155. The van der Waals surface area contributed by atoms with Gasteiger partial charge in [-0.1, -0.05) is 25.9 Å². The predicted octanol–water partition coefficient (Wildman–Crippen LogP) is 1.44.